The van der Waals surface area contributed by atoms with Crippen LogP contribution in [-0.4, -0.2) is 12.8 Å². The number of ketones is 1. The Morgan fingerprint density at radius 3 is 2.43 bits per heavy atom. The fraction of sp³-hybridized carbons (Fsp3) is 0.400. The highest BCUT2D eigenvalue weighted by atomic mass is 16.1. The van der Waals surface area contributed by atoms with Crippen molar-refractivity contribution in [1.29, 1.82) is 0 Å². The molecule has 7 heavy (non-hydrogen) atoms. The number of allylic oxidation sites excluding steroid dienone is 1. The van der Waals surface area contributed by atoms with Crippen molar-refractivity contribution < 1.29 is 4.79 Å². The molecule has 0 aliphatic rings. The zero-order valence-electron chi connectivity index (χ0n) is 4.56. The predicted molar refractivity (Wildman–Crippen MR) is 28.9 cm³/mol. The number of hydrogen-bond donors (Lipinski definition) is 1. The zero-order valence-corrected chi connectivity index (χ0v) is 4.56. The van der Waals surface area contributed by atoms with Crippen LogP contribution in [0.1, 0.15) is 6.92 Å². The van der Waals surface area contributed by atoms with E-state index in [1.165, 1.54) is 13.0 Å². The van der Waals surface area contributed by atoms with E-state index in [0.717, 1.165) is 0 Å². The van der Waals surface area contributed by atoms with E-state index in [1.54, 1.807) is 13.2 Å². The fourth-order valence-electron chi connectivity index (χ4n) is 0.201. The summed E-state index contributed by atoms with van der Waals surface area (Å²) >= 11 is 0. The van der Waals surface area contributed by atoms with Gasteiger partial charge in [-0.2, -0.15) is 0 Å². The third-order valence-electron chi connectivity index (χ3n) is 0.485. The lowest BCUT2D eigenvalue weighted by atomic mass is 10.4. The van der Waals surface area contributed by atoms with E-state index in [4.69, 9.17) is 0 Å². The van der Waals surface area contributed by atoms with E-state index in [9.17, 15) is 4.79 Å². The third kappa shape index (κ3) is 5.21. The first kappa shape index (κ1) is 6.21. The summed E-state index contributed by atoms with van der Waals surface area (Å²) in [6, 6.07) is 0. The minimum absolute atomic E-state index is 0.0642. The first-order valence-electron chi connectivity index (χ1n) is 2.11. The highest BCUT2D eigenvalue weighted by Gasteiger charge is 1.75. The molecule has 0 atom stereocenters. The van der Waals surface area contributed by atoms with Crippen LogP contribution < -0.4 is 5.32 Å². The van der Waals surface area contributed by atoms with Crippen molar-refractivity contribution in [3.05, 3.63) is 12.3 Å². The third-order valence-corrected chi connectivity index (χ3v) is 0.485. The SMILES string of the molecule is CN/C=C/C(C)=O. The molecule has 0 aromatic carbocycles. The molecule has 0 fully saturated rings. The fourth-order valence-corrected chi connectivity index (χ4v) is 0.201. The van der Waals surface area contributed by atoms with Crippen LogP contribution in [0.2, 0.25) is 0 Å². The lowest BCUT2D eigenvalue weighted by Gasteiger charge is -1.79. The summed E-state index contributed by atoms with van der Waals surface area (Å²) in [4.78, 5) is 10.1. The number of carbonyl (C=O) groups is 1. The maximum absolute atomic E-state index is 10.1. The van der Waals surface area contributed by atoms with Crippen LogP contribution in [0.15, 0.2) is 12.3 Å². The van der Waals surface area contributed by atoms with Gasteiger partial charge in [0, 0.05) is 7.05 Å². The molecule has 0 heterocycles. The number of nitrogens with one attached hydrogen (secondary N) is 1. The molecule has 40 valence electrons. The molecule has 0 unspecified atom stereocenters. The summed E-state index contributed by atoms with van der Waals surface area (Å²) in [5.74, 6) is 0.0642. The average molecular weight is 99.1 g/mol. The highest BCUT2D eigenvalue weighted by Crippen LogP contribution is 1.67. The molecule has 0 saturated heterocycles. The summed E-state index contributed by atoms with van der Waals surface area (Å²) in [5.41, 5.74) is 0. The summed E-state index contributed by atoms with van der Waals surface area (Å²) in [5, 5.41) is 2.70. The second kappa shape index (κ2) is 3.40. The molecule has 1 N–H and O–H groups in total. The van der Waals surface area contributed by atoms with E-state index >= 15 is 0 Å². The average Bonchev–Trinajstić information content (AvgIpc) is 1.61. The highest BCUT2D eigenvalue weighted by molar-refractivity contribution is 5.87. The zero-order chi connectivity index (χ0) is 5.70. The number of rotatable bonds is 2. The van der Waals surface area contributed by atoms with Crippen LogP contribution in [-0.2, 0) is 4.79 Å². The Kier molecular flexibility index (Phi) is 3.02. The molecule has 2 nitrogen and oxygen atoms in total. The van der Waals surface area contributed by atoms with E-state index in [2.05, 4.69) is 5.32 Å². The monoisotopic (exact) mass is 99.1 g/mol. The van der Waals surface area contributed by atoms with Crippen LogP contribution in [0.3, 0.4) is 0 Å². The van der Waals surface area contributed by atoms with Gasteiger partial charge in [-0.15, -0.1) is 0 Å². The normalized spacial score (nSPS) is 9.43. The van der Waals surface area contributed by atoms with Crippen LogP contribution >= 0.6 is 0 Å². The van der Waals surface area contributed by atoms with Crippen LogP contribution in [0.5, 0.6) is 0 Å². The maximum Gasteiger partial charge on any atom is 0.154 e. The molecule has 0 aromatic heterocycles. The molecule has 0 aliphatic heterocycles. The molecule has 0 radical (unpaired) electrons. The van der Waals surface area contributed by atoms with Gasteiger partial charge in [-0.25, -0.2) is 0 Å². The summed E-state index contributed by atoms with van der Waals surface area (Å²) in [7, 11) is 1.75. The molecular formula is C5H9NO. The Morgan fingerprint density at radius 1 is 1.71 bits per heavy atom. The largest absolute Gasteiger partial charge is 0.394 e. The van der Waals surface area contributed by atoms with E-state index < -0.39 is 0 Å². The van der Waals surface area contributed by atoms with Crippen molar-refractivity contribution in [2.24, 2.45) is 0 Å². The van der Waals surface area contributed by atoms with E-state index in [-0.39, 0.29) is 5.78 Å². The molecule has 0 spiro atoms. The molecule has 2 heteroatoms. The van der Waals surface area contributed by atoms with Gasteiger partial charge in [-0.1, -0.05) is 0 Å². The predicted octanol–water partition coefficient (Wildman–Crippen LogP) is 0.309. The maximum atomic E-state index is 10.1. The molecule has 0 saturated carbocycles. The number of carbonyl (C=O) groups excluding carboxylic acids is 1. The Hall–Kier alpha value is -0.790. The summed E-state index contributed by atoms with van der Waals surface area (Å²) in [6.45, 7) is 1.51. The second-order valence-electron chi connectivity index (χ2n) is 1.23. The quantitative estimate of drug-likeness (QED) is 0.505. The van der Waals surface area contributed by atoms with Gasteiger partial charge in [0.05, 0.1) is 0 Å². The standard InChI is InChI=1S/C5H9NO/c1-5(7)3-4-6-2/h3-4,6H,1-2H3/b4-3+. The van der Waals surface area contributed by atoms with Crippen LogP contribution in [0, 0.1) is 0 Å². The van der Waals surface area contributed by atoms with Gasteiger partial charge in [0.15, 0.2) is 5.78 Å². The van der Waals surface area contributed by atoms with Gasteiger partial charge < -0.3 is 5.32 Å². The summed E-state index contributed by atoms with van der Waals surface area (Å²) < 4.78 is 0. The van der Waals surface area contributed by atoms with Crippen LogP contribution in [0.25, 0.3) is 0 Å². The topological polar surface area (TPSA) is 29.1 Å². The van der Waals surface area contributed by atoms with Gasteiger partial charge in [0.1, 0.15) is 0 Å². The van der Waals surface area contributed by atoms with Crippen molar-refractivity contribution in [3.63, 3.8) is 0 Å². The van der Waals surface area contributed by atoms with Crippen LogP contribution in [0.4, 0.5) is 0 Å². The van der Waals surface area contributed by atoms with Crippen molar-refractivity contribution in [3.8, 4) is 0 Å². The molecule has 0 aromatic rings. The first-order chi connectivity index (χ1) is 3.27. The summed E-state index contributed by atoms with van der Waals surface area (Å²) in [6.07, 6.45) is 3.07. The Morgan fingerprint density at radius 2 is 2.29 bits per heavy atom. The smallest absolute Gasteiger partial charge is 0.154 e. The molecule has 0 aliphatic carbocycles. The van der Waals surface area contributed by atoms with Crippen molar-refractivity contribution >= 4 is 5.78 Å². The minimum Gasteiger partial charge on any atom is -0.394 e. The van der Waals surface area contributed by atoms with Gasteiger partial charge >= 0.3 is 0 Å². The Labute approximate surface area is 43.2 Å². The van der Waals surface area contributed by atoms with Gasteiger partial charge in [-0.3, -0.25) is 4.79 Å². The molecule has 0 amide bonds. The second-order valence-corrected chi connectivity index (χ2v) is 1.23. The Balaban J connectivity index is 3.26. The van der Waals surface area contributed by atoms with Gasteiger partial charge in [0.2, 0.25) is 0 Å². The lowest BCUT2D eigenvalue weighted by molar-refractivity contribution is -0.112. The van der Waals surface area contributed by atoms with Crippen molar-refractivity contribution in [2.75, 3.05) is 7.05 Å². The van der Waals surface area contributed by atoms with Crippen molar-refractivity contribution in [2.45, 2.75) is 6.92 Å². The van der Waals surface area contributed by atoms with E-state index in [1.807, 2.05) is 0 Å². The van der Waals surface area contributed by atoms with Gasteiger partial charge in [0.25, 0.3) is 0 Å². The van der Waals surface area contributed by atoms with Crippen molar-refractivity contribution in [1.82, 2.24) is 5.32 Å². The molecule has 0 rings (SSSR count). The lowest BCUT2D eigenvalue weighted by Crippen LogP contribution is -1.93. The first-order valence-corrected chi connectivity index (χ1v) is 2.11. The van der Waals surface area contributed by atoms with Gasteiger partial charge in [-0.05, 0) is 19.2 Å². The molecular weight excluding hydrogens is 90.1 g/mol. The van der Waals surface area contributed by atoms with E-state index in [0.29, 0.717) is 0 Å². The number of hydrogen-bond acceptors (Lipinski definition) is 2. The minimum atomic E-state index is 0.0642. The Bertz CT molecular complexity index is 86.1. The molecule has 0 bridgehead atoms.